The van der Waals surface area contributed by atoms with Crippen LogP contribution < -0.4 is 5.32 Å². The molecule has 1 heterocycles. The fourth-order valence-corrected chi connectivity index (χ4v) is 1.68. The first kappa shape index (κ1) is 14.4. The van der Waals surface area contributed by atoms with Crippen molar-refractivity contribution in [3.8, 4) is 0 Å². The number of hydrogen-bond acceptors (Lipinski definition) is 3. The van der Waals surface area contributed by atoms with Gasteiger partial charge in [-0.2, -0.15) is 0 Å². The van der Waals surface area contributed by atoms with Crippen LogP contribution in [-0.2, 0) is 9.59 Å². The van der Waals surface area contributed by atoms with Crippen LogP contribution in [-0.4, -0.2) is 35.8 Å². The van der Waals surface area contributed by atoms with Crippen molar-refractivity contribution in [3.63, 3.8) is 0 Å². The fourth-order valence-electron chi connectivity index (χ4n) is 1.68. The maximum Gasteiger partial charge on any atom is 0.303 e. The second-order valence-electron chi connectivity index (χ2n) is 4.26. The standard InChI is InChI=1S/C13H20N2O3/c16-12(6-4-7-13(17)18)15-10-8-11-5-2-1-3-9-14-11/h2,5H,1,3-4,6-10H2,(H,15,16)(H,17,18). The Morgan fingerprint density at radius 2 is 2.22 bits per heavy atom. The Morgan fingerprint density at radius 1 is 1.39 bits per heavy atom. The van der Waals surface area contributed by atoms with Crippen LogP contribution >= 0.6 is 0 Å². The van der Waals surface area contributed by atoms with Crippen LogP contribution in [0, 0.1) is 0 Å². The number of carbonyl (C=O) groups is 2. The van der Waals surface area contributed by atoms with E-state index in [4.69, 9.17) is 5.11 Å². The molecule has 1 aliphatic rings. The quantitative estimate of drug-likeness (QED) is 0.721. The Morgan fingerprint density at radius 3 is 3.00 bits per heavy atom. The Labute approximate surface area is 107 Å². The molecule has 1 aliphatic heterocycles. The van der Waals surface area contributed by atoms with Crippen LogP contribution in [0.15, 0.2) is 17.1 Å². The number of amides is 1. The van der Waals surface area contributed by atoms with Crippen molar-refractivity contribution in [3.05, 3.63) is 12.2 Å². The van der Waals surface area contributed by atoms with E-state index in [0.29, 0.717) is 13.0 Å². The van der Waals surface area contributed by atoms with Gasteiger partial charge in [-0.25, -0.2) is 0 Å². The summed E-state index contributed by atoms with van der Waals surface area (Å²) in [5, 5.41) is 11.2. The minimum absolute atomic E-state index is 0.0445. The predicted molar refractivity (Wildman–Crippen MR) is 69.8 cm³/mol. The predicted octanol–water partition coefficient (Wildman–Crippen LogP) is 1.54. The Hall–Kier alpha value is -1.65. The molecule has 0 saturated carbocycles. The van der Waals surface area contributed by atoms with Crippen molar-refractivity contribution in [1.82, 2.24) is 5.32 Å². The zero-order chi connectivity index (χ0) is 13.2. The van der Waals surface area contributed by atoms with Crippen molar-refractivity contribution in [1.29, 1.82) is 0 Å². The molecule has 18 heavy (non-hydrogen) atoms. The summed E-state index contributed by atoms with van der Waals surface area (Å²) in [6.45, 7) is 1.42. The van der Waals surface area contributed by atoms with Gasteiger partial charge in [0.2, 0.25) is 5.91 Å². The molecule has 0 saturated heterocycles. The van der Waals surface area contributed by atoms with Gasteiger partial charge in [-0.1, -0.05) is 6.08 Å². The first-order valence-corrected chi connectivity index (χ1v) is 6.37. The van der Waals surface area contributed by atoms with Gasteiger partial charge in [-0.15, -0.1) is 0 Å². The van der Waals surface area contributed by atoms with E-state index in [1.807, 2.05) is 6.08 Å². The molecule has 0 fully saturated rings. The van der Waals surface area contributed by atoms with E-state index in [1.54, 1.807) is 0 Å². The second-order valence-corrected chi connectivity index (χ2v) is 4.26. The molecule has 2 N–H and O–H groups in total. The van der Waals surface area contributed by atoms with E-state index in [-0.39, 0.29) is 18.7 Å². The van der Waals surface area contributed by atoms with Gasteiger partial charge in [0.25, 0.3) is 0 Å². The third-order valence-electron chi connectivity index (χ3n) is 2.65. The average molecular weight is 252 g/mol. The molecule has 0 aliphatic carbocycles. The van der Waals surface area contributed by atoms with Crippen molar-refractivity contribution >= 4 is 17.6 Å². The van der Waals surface area contributed by atoms with Gasteiger partial charge in [-0.05, 0) is 25.3 Å². The average Bonchev–Trinajstić information content (AvgIpc) is 2.57. The van der Waals surface area contributed by atoms with Crippen LogP contribution in [0.4, 0.5) is 0 Å². The molecular formula is C13H20N2O3. The zero-order valence-corrected chi connectivity index (χ0v) is 10.5. The van der Waals surface area contributed by atoms with Crippen LogP contribution in [0.2, 0.25) is 0 Å². The number of aliphatic imine (C=N–C) groups is 1. The highest BCUT2D eigenvalue weighted by molar-refractivity contribution is 5.95. The first-order chi connectivity index (χ1) is 8.68. The SMILES string of the molecule is O=C(O)CCCC(=O)NCCC1=NCCCC=C1. The number of carbonyl (C=O) groups excluding carboxylic acids is 1. The highest BCUT2D eigenvalue weighted by atomic mass is 16.4. The van der Waals surface area contributed by atoms with Gasteiger partial charge in [-0.3, -0.25) is 14.6 Å². The lowest BCUT2D eigenvalue weighted by Crippen LogP contribution is -2.25. The summed E-state index contributed by atoms with van der Waals surface area (Å²) in [7, 11) is 0. The van der Waals surface area contributed by atoms with Crippen molar-refractivity contribution in [2.75, 3.05) is 13.1 Å². The number of aliphatic carboxylic acids is 1. The number of nitrogens with one attached hydrogen (secondary N) is 1. The van der Waals surface area contributed by atoms with Crippen LogP contribution in [0.5, 0.6) is 0 Å². The van der Waals surface area contributed by atoms with Gasteiger partial charge in [0.15, 0.2) is 0 Å². The Kier molecular flexibility index (Phi) is 6.76. The second kappa shape index (κ2) is 8.44. The van der Waals surface area contributed by atoms with E-state index < -0.39 is 5.97 Å². The third kappa shape index (κ3) is 6.83. The summed E-state index contributed by atoms with van der Waals surface area (Å²) in [4.78, 5) is 26.1. The molecule has 5 nitrogen and oxygen atoms in total. The normalized spacial score (nSPS) is 14.8. The highest BCUT2D eigenvalue weighted by Crippen LogP contribution is 2.01. The Bertz CT molecular complexity index is 348. The minimum atomic E-state index is -0.860. The number of carboxylic acid groups (broad SMARTS) is 1. The molecule has 0 unspecified atom stereocenters. The molecule has 5 heteroatoms. The molecule has 100 valence electrons. The van der Waals surface area contributed by atoms with Crippen LogP contribution in [0.3, 0.4) is 0 Å². The lowest BCUT2D eigenvalue weighted by molar-refractivity contribution is -0.137. The highest BCUT2D eigenvalue weighted by Gasteiger charge is 2.04. The smallest absolute Gasteiger partial charge is 0.303 e. The number of carboxylic acids is 1. The summed E-state index contributed by atoms with van der Waals surface area (Å²) in [6.07, 6.45) is 7.72. The summed E-state index contributed by atoms with van der Waals surface area (Å²) >= 11 is 0. The molecule has 0 aromatic carbocycles. The van der Waals surface area contributed by atoms with Gasteiger partial charge in [0, 0.05) is 38.1 Å². The van der Waals surface area contributed by atoms with E-state index >= 15 is 0 Å². The largest absolute Gasteiger partial charge is 0.481 e. The lowest BCUT2D eigenvalue weighted by atomic mass is 10.2. The molecule has 0 aromatic heterocycles. The van der Waals surface area contributed by atoms with Crippen molar-refractivity contribution < 1.29 is 14.7 Å². The van der Waals surface area contributed by atoms with Crippen molar-refractivity contribution in [2.24, 2.45) is 4.99 Å². The zero-order valence-electron chi connectivity index (χ0n) is 10.5. The van der Waals surface area contributed by atoms with Crippen LogP contribution in [0.1, 0.15) is 38.5 Å². The summed E-state index contributed by atoms with van der Waals surface area (Å²) < 4.78 is 0. The Balaban J connectivity index is 2.11. The fraction of sp³-hybridized carbons (Fsp3) is 0.615. The molecule has 0 bridgehead atoms. The molecule has 0 radical (unpaired) electrons. The first-order valence-electron chi connectivity index (χ1n) is 6.37. The molecule has 0 aromatic rings. The van der Waals surface area contributed by atoms with E-state index in [9.17, 15) is 9.59 Å². The molecule has 1 rings (SSSR count). The maximum absolute atomic E-state index is 11.4. The topological polar surface area (TPSA) is 78.8 Å². The summed E-state index contributed by atoms with van der Waals surface area (Å²) in [6, 6.07) is 0. The maximum atomic E-state index is 11.4. The summed E-state index contributed by atoms with van der Waals surface area (Å²) in [5.41, 5.74) is 1.03. The molecule has 0 spiro atoms. The number of hydrogen-bond donors (Lipinski definition) is 2. The van der Waals surface area contributed by atoms with Gasteiger partial charge in [0.1, 0.15) is 0 Å². The minimum Gasteiger partial charge on any atom is -0.481 e. The molecule has 0 atom stereocenters. The number of rotatable bonds is 7. The number of allylic oxidation sites excluding steroid dienone is 2. The van der Waals surface area contributed by atoms with E-state index in [1.165, 1.54) is 0 Å². The molecular weight excluding hydrogens is 232 g/mol. The van der Waals surface area contributed by atoms with Gasteiger partial charge >= 0.3 is 5.97 Å². The van der Waals surface area contributed by atoms with E-state index in [0.717, 1.165) is 31.5 Å². The van der Waals surface area contributed by atoms with Crippen LogP contribution in [0.25, 0.3) is 0 Å². The third-order valence-corrected chi connectivity index (χ3v) is 2.65. The van der Waals surface area contributed by atoms with E-state index in [2.05, 4.69) is 16.4 Å². The summed E-state index contributed by atoms with van der Waals surface area (Å²) in [5.74, 6) is -0.949. The monoisotopic (exact) mass is 252 g/mol. The van der Waals surface area contributed by atoms with Crippen molar-refractivity contribution in [2.45, 2.75) is 38.5 Å². The lowest BCUT2D eigenvalue weighted by Gasteiger charge is -2.04. The van der Waals surface area contributed by atoms with Gasteiger partial charge in [0.05, 0.1) is 0 Å². The number of nitrogens with zero attached hydrogens (tertiary/aromatic N) is 1. The molecule has 1 amide bonds. The van der Waals surface area contributed by atoms with Gasteiger partial charge < -0.3 is 10.4 Å².